The van der Waals surface area contributed by atoms with Crippen LogP contribution in [0.1, 0.15) is 11.3 Å². The first-order valence-electron chi connectivity index (χ1n) is 9.30. The highest BCUT2D eigenvalue weighted by atomic mass is 79.9. The molecule has 4 aromatic rings. The van der Waals surface area contributed by atoms with Gasteiger partial charge in [-0.3, -0.25) is 14.9 Å². The Hall–Kier alpha value is -3.13. The number of hydrogen-bond donors (Lipinski definition) is 1. The fourth-order valence-corrected chi connectivity index (χ4v) is 4.57. The van der Waals surface area contributed by atoms with Crippen molar-refractivity contribution in [3.63, 3.8) is 0 Å². The minimum Gasteiger partial charge on any atom is -0.357 e. The van der Waals surface area contributed by atoms with Gasteiger partial charge in [-0.15, -0.1) is 0 Å². The third kappa shape index (κ3) is 3.00. The van der Waals surface area contributed by atoms with Crippen LogP contribution >= 0.6 is 15.9 Å². The molecule has 0 saturated carbocycles. The summed E-state index contributed by atoms with van der Waals surface area (Å²) in [6.07, 6.45) is 2.60. The van der Waals surface area contributed by atoms with Gasteiger partial charge in [0, 0.05) is 69.9 Å². The van der Waals surface area contributed by atoms with E-state index in [9.17, 15) is 14.9 Å². The number of nitro groups is 1. The molecule has 2 aromatic heterocycles. The Labute approximate surface area is 174 Å². The molecule has 0 atom stereocenters. The van der Waals surface area contributed by atoms with Crippen molar-refractivity contribution in [3.8, 4) is 0 Å². The van der Waals surface area contributed by atoms with Crippen molar-refractivity contribution < 1.29 is 9.72 Å². The van der Waals surface area contributed by atoms with Crippen molar-refractivity contribution in [2.45, 2.75) is 19.5 Å². The van der Waals surface area contributed by atoms with Crippen LogP contribution in [0.2, 0.25) is 0 Å². The second-order valence-corrected chi connectivity index (χ2v) is 8.11. The van der Waals surface area contributed by atoms with Crippen molar-refractivity contribution in [1.82, 2.24) is 14.5 Å². The Balaban J connectivity index is 1.40. The van der Waals surface area contributed by atoms with E-state index in [-0.39, 0.29) is 18.1 Å². The first-order valence-corrected chi connectivity index (χ1v) is 10.1. The summed E-state index contributed by atoms with van der Waals surface area (Å²) in [5, 5.41) is 12.9. The van der Waals surface area contributed by atoms with E-state index >= 15 is 0 Å². The maximum atomic E-state index is 13.0. The third-order valence-corrected chi connectivity index (χ3v) is 6.24. The Kier molecular flexibility index (Phi) is 4.16. The Morgan fingerprint density at radius 1 is 1.24 bits per heavy atom. The molecular formula is C21H17BrN4O3. The average molecular weight is 453 g/mol. The molecule has 29 heavy (non-hydrogen) atoms. The number of nitrogens with zero attached hydrogens (tertiary/aromatic N) is 3. The molecule has 2 aromatic carbocycles. The topological polar surface area (TPSA) is 84.2 Å². The van der Waals surface area contributed by atoms with Gasteiger partial charge in [0.25, 0.3) is 5.69 Å². The molecule has 0 radical (unpaired) electrons. The van der Waals surface area contributed by atoms with Gasteiger partial charge in [-0.1, -0.05) is 12.1 Å². The summed E-state index contributed by atoms with van der Waals surface area (Å²) in [4.78, 5) is 28.9. The van der Waals surface area contributed by atoms with E-state index < -0.39 is 4.92 Å². The zero-order chi connectivity index (χ0) is 20.1. The van der Waals surface area contributed by atoms with Crippen molar-refractivity contribution in [2.24, 2.45) is 0 Å². The Bertz CT molecular complexity index is 1290. The zero-order valence-corrected chi connectivity index (χ0v) is 17.0. The molecule has 1 amide bonds. The van der Waals surface area contributed by atoms with Gasteiger partial charge in [0.2, 0.25) is 5.91 Å². The van der Waals surface area contributed by atoms with Crippen LogP contribution in [0.3, 0.4) is 0 Å². The summed E-state index contributed by atoms with van der Waals surface area (Å²) in [7, 11) is 0. The molecular weight excluding hydrogens is 436 g/mol. The summed E-state index contributed by atoms with van der Waals surface area (Å²) in [6.45, 7) is 1.46. The van der Waals surface area contributed by atoms with Crippen molar-refractivity contribution in [1.29, 1.82) is 0 Å². The smallest absolute Gasteiger partial charge is 0.270 e. The molecule has 0 saturated heterocycles. The summed E-state index contributed by atoms with van der Waals surface area (Å²) >= 11 is 3.59. The van der Waals surface area contributed by atoms with Gasteiger partial charge in [-0.25, -0.2) is 0 Å². The first kappa shape index (κ1) is 17.9. The number of non-ortho nitro benzene ring substituents is 1. The number of nitrogens with one attached hydrogen (secondary N) is 1. The van der Waals surface area contributed by atoms with Crippen molar-refractivity contribution in [3.05, 3.63) is 74.5 Å². The summed E-state index contributed by atoms with van der Waals surface area (Å²) in [6, 6.07) is 12.6. The molecule has 3 heterocycles. The van der Waals surface area contributed by atoms with E-state index in [1.54, 1.807) is 12.1 Å². The number of halogens is 1. The van der Waals surface area contributed by atoms with E-state index in [0.717, 1.165) is 32.7 Å². The Morgan fingerprint density at radius 2 is 2.10 bits per heavy atom. The van der Waals surface area contributed by atoms with Gasteiger partial charge in [-0.05, 0) is 34.1 Å². The highest BCUT2D eigenvalue weighted by molar-refractivity contribution is 9.10. The SMILES string of the molecule is O=C(Cn1ccc2cc([N+](=O)[O-])ccc21)N1CCc2[nH]c3c(Br)cccc3c2C1. The van der Waals surface area contributed by atoms with E-state index in [0.29, 0.717) is 13.1 Å². The van der Waals surface area contributed by atoms with Crippen LogP contribution in [0.5, 0.6) is 0 Å². The van der Waals surface area contributed by atoms with Crippen LogP contribution in [0.25, 0.3) is 21.8 Å². The lowest BCUT2D eigenvalue weighted by molar-refractivity contribution is -0.384. The normalized spacial score (nSPS) is 13.8. The van der Waals surface area contributed by atoms with E-state index in [1.807, 2.05) is 27.8 Å². The lowest BCUT2D eigenvalue weighted by Crippen LogP contribution is -2.37. The number of aromatic amines is 1. The number of aromatic nitrogens is 2. The number of carbonyl (C=O) groups excluding carboxylic acids is 1. The van der Waals surface area contributed by atoms with Gasteiger partial charge >= 0.3 is 0 Å². The number of carbonyl (C=O) groups is 1. The molecule has 0 spiro atoms. The minimum atomic E-state index is -0.410. The minimum absolute atomic E-state index is 0.0378. The summed E-state index contributed by atoms with van der Waals surface area (Å²) in [5.41, 5.74) is 4.31. The second kappa shape index (κ2) is 6.73. The number of rotatable bonds is 3. The fraction of sp³-hybridized carbons (Fsp3) is 0.190. The molecule has 1 N–H and O–H groups in total. The molecule has 0 fully saturated rings. The van der Waals surface area contributed by atoms with Gasteiger partial charge in [0.1, 0.15) is 6.54 Å². The number of H-pyrrole nitrogens is 1. The molecule has 1 aliphatic heterocycles. The van der Waals surface area contributed by atoms with Crippen LogP contribution < -0.4 is 0 Å². The molecule has 0 unspecified atom stereocenters. The number of fused-ring (bicyclic) bond motifs is 4. The quantitative estimate of drug-likeness (QED) is 0.369. The number of amides is 1. The van der Waals surface area contributed by atoms with Crippen LogP contribution in [0.15, 0.2) is 53.1 Å². The number of para-hydroxylation sites is 1. The van der Waals surface area contributed by atoms with Crippen LogP contribution in [0.4, 0.5) is 5.69 Å². The highest BCUT2D eigenvalue weighted by Crippen LogP contribution is 2.32. The largest absolute Gasteiger partial charge is 0.357 e. The Morgan fingerprint density at radius 3 is 2.93 bits per heavy atom. The number of hydrogen-bond acceptors (Lipinski definition) is 3. The number of nitro benzene ring substituents is 1. The standard InChI is InChI=1S/C21H17BrN4O3/c22-17-3-1-2-15-16-11-25(9-7-18(16)23-21(15)17)20(27)12-24-8-6-13-10-14(26(28)29)4-5-19(13)24/h1-6,8,10,23H,7,9,11-12H2. The predicted molar refractivity (Wildman–Crippen MR) is 114 cm³/mol. The van der Waals surface area contributed by atoms with Gasteiger partial charge in [0.05, 0.1) is 10.4 Å². The summed E-state index contributed by atoms with van der Waals surface area (Å²) in [5.74, 6) is 0.0378. The van der Waals surface area contributed by atoms with Crippen LogP contribution in [0, 0.1) is 10.1 Å². The zero-order valence-electron chi connectivity index (χ0n) is 15.4. The molecule has 0 aliphatic carbocycles. The van der Waals surface area contributed by atoms with Gasteiger partial charge in [0.15, 0.2) is 0 Å². The molecule has 5 rings (SSSR count). The van der Waals surface area contributed by atoms with E-state index in [4.69, 9.17) is 0 Å². The number of benzene rings is 2. The highest BCUT2D eigenvalue weighted by Gasteiger charge is 2.25. The van der Waals surface area contributed by atoms with Gasteiger partial charge in [-0.2, -0.15) is 0 Å². The lowest BCUT2D eigenvalue weighted by Gasteiger charge is -2.27. The molecule has 7 nitrogen and oxygen atoms in total. The monoisotopic (exact) mass is 452 g/mol. The van der Waals surface area contributed by atoms with E-state index in [1.165, 1.54) is 23.4 Å². The van der Waals surface area contributed by atoms with E-state index in [2.05, 4.69) is 27.0 Å². The summed E-state index contributed by atoms with van der Waals surface area (Å²) < 4.78 is 2.87. The molecule has 146 valence electrons. The van der Waals surface area contributed by atoms with Gasteiger partial charge < -0.3 is 14.5 Å². The lowest BCUT2D eigenvalue weighted by atomic mass is 10.0. The maximum absolute atomic E-state index is 13.0. The van der Waals surface area contributed by atoms with Crippen molar-refractivity contribution >= 4 is 49.3 Å². The molecule has 0 bridgehead atoms. The average Bonchev–Trinajstić information content (AvgIpc) is 3.29. The van der Waals surface area contributed by atoms with Crippen molar-refractivity contribution in [2.75, 3.05) is 6.54 Å². The second-order valence-electron chi connectivity index (χ2n) is 7.25. The third-order valence-electron chi connectivity index (χ3n) is 5.58. The first-order chi connectivity index (χ1) is 14.0. The van der Waals surface area contributed by atoms with Crippen LogP contribution in [-0.4, -0.2) is 31.8 Å². The fourth-order valence-electron chi connectivity index (χ4n) is 4.10. The maximum Gasteiger partial charge on any atom is 0.270 e. The predicted octanol–water partition coefficient (Wildman–Crippen LogP) is 4.38. The molecule has 1 aliphatic rings. The van der Waals surface area contributed by atoms with Crippen LogP contribution in [-0.2, 0) is 24.3 Å². The molecule has 8 heteroatoms.